The van der Waals surface area contributed by atoms with Gasteiger partial charge in [0, 0.05) is 16.3 Å². The number of nitrogens with one attached hydrogen (secondary N) is 1. The molecule has 1 heterocycles. The van der Waals surface area contributed by atoms with E-state index in [4.69, 9.17) is 11.6 Å². The molecule has 1 aromatic carbocycles. The van der Waals surface area contributed by atoms with Crippen LogP contribution in [0.3, 0.4) is 0 Å². The molecule has 0 atom stereocenters. The Morgan fingerprint density at radius 1 is 1.19 bits per heavy atom. The number of hydrogen-bond acceptors (Lipinski definition) is 0. The fourth-order valence-electron chi connectivity index (χ4n) is 1.35. The summed E-state index contributed by atoms with van der Waals surface area (Å²) in [6.45, 7) is 0. The van der Waals surface area contributed by atoms with Crippen molar-refractivity contribution < 1.29 is 13.2 Å². The van der Waals surface area contributed by atoms with Gasteiger partial charge in [-0.05, 0) is 30.3 Å². The lowest BCUT2D eigenvalue weighted by Gasteiger charge is -2.09. The Hall–Kier alpha value is -1.42. The molecule has 83 valence electrons. The van der Waals surface area contributed by atoms with Crippen molar-refractivity contribution in [1.29, 1.82) is 0 Å². The first-order chi connectivity index (χ1) is 7.48. The van der Waals surface area contributed by atoms with Crippen molar-refractivity contribution in [3.8, 4) is 11.3 Å². The minimum Gasteiger partial charge on any atom is -0.353 e. The summed E-state index contributed by atoms with van der Waals surface area (Å²) in [6, 6.07) is 6.40. The maximum Gasteiger partial charge on any atom is 0.416 e. The standard InChI is InChI=1S/C11H6ClF3N/c12-9-4-3-7(11(13,14)15)6-8(9)10-2-1-5-16-10/h1-4,6,16H. The predicted molar refractivity (Wildman–Crippen MR) is 55.1 cm³/mol. The molecule has 0 unspecified atom stereocenters. The molecule has 1 aromatic heterocycles. The lowest BCUT2D eigenvalue weighted by Crippen LogP contribution is -2.04. The van der Waals surface area contributed by atoms with Crippen LogP contribution in [0.15, 0.2) is 30.3 Å². The SMILES string of the molecule is FC(F)(F)c1ccc(Cl)c(-c2cc[c][nH]2)c1. The number of benzene rings is 1. The van der Waals surface area contributed by atoms with Crippen LogP contribution in [0.25, 0.3) is 11.3 Å². The van der Waals surface area contributed by atoms with E-state index in [1.165, 1.54) is 6.07 Å². The van der Waals surface area contributed by atoms with Gasteiger partial charge in [-0.15, -0.1) is 0 Å². The summed E-state index contributed by atoms with van der Waals surface area (Å²) in [6.07, 6.45) is -1.72. The molecule has 16 heavy (non-hydrogen) atoms. The molecule has 0 saturated carbocycles. The number of alkyl halides is 3. The highest BCUT2D eigenvalue weighted by Gasteiger charge is 2.31. The number of H-pyrrole nitrogens is 1. The van der Waals surface area contributed by atoms with Crippen molar-refractivity contribution in [3.63, 3.8) is 0 Å². The zero-order chi connectivity index (χ0) is 11.8. The third kappa shape index (κ3) is 2.07. The topological polar surface area (TPSA) is 15.8 Å². The van der Waals surface area contributed by atoms with E-state index in [0.717, 1.165) is 12.1 Å². The Morgan fingerprint density at radius 2 is 1.94 bits per heavy atom. The first kappa shape index (κ1) is 11.1. The van der Waals surface area contributed by atoms with Crippen molar-refractivity contribution in [2.75, 3.05) is 0 Å². The average molecular weight is 245 g/mol. The van der Waals surface area contributed by atoms with E-state index in [2.05, 4.69) is 11.2 Å². The van der Waals surface area contributed by atoms with Crippen LogP contribution >= 0.6 is 11.6 Å². The third-order valence-electron chi connectivity index (χ3n) is 2.12. The first-order valence-corrected chi connectivity index (χ1v) is 4.78. The van der Waals surface area contributed by atoms with Gasteiger partial charge < -0.3 is 4.98 Å². The van der Waals surface area contributed by atoms with Crippen LogP contribution in [0.5, 0.6) is 0 Å². The first-order valence-electron chi connectivity index (χ1n) is 4.40. The molecule has 0 bridgehead atoms. The molecule has 1 radical (unpaired) electrons. The number of halogens is 4. The van der Waals surface area contributed by atoms with Gasteiger partial charge in [0.25, 0.3) is 0 Å². The van der Waals surface area contributed by atoms with Crippen molar-refractivity contribution in [2.45, 2.75) is 6.18 Å². The molecule has 1 nitrogen and oxygen atoms in total. The number of rotatable bonds is 1. The fraction of sp³-hybridized carbons (Fsp3) is 0.0909. The maximum atomic E-state index is 12.5. The van der Waals surface area contributed by atoms with E-state index in [0.29, 0.717) is 11.3 Å². The molecular weight excluding hydrogens is 239 g/mol. The van der Waals surface area contributed by atoms with Gasteiger partial charge in [0.2, 0.25) is 0 Å². The Bertz CT molecular complexity index is 488. The molecule has 0 spiro atoms. The summed E-state index contributed by atoms with van der Waals surface area (Å²) in [4.78, 5) is 2.70. The van der Waals surface area contributed by atoms with Gasteiger partial charge in [-0.2, -0.15) is 13.2 Å². The Morgan fingerprint density at radius 3 is 2.50 bits per heavy atom. The summed E-state index contributed by atoms with van der Waals surface area (Å²) in [5.41, 5.74) is 0.107. The Kier molecular flexibility index (Phi) is 2.68. The number of aromatic amines is 1. The second kappa shape index (κ2) is 3.87. The van der Waals surface area contributed by atoms with Gasteiger partial charge in [0.1, 0.15) is 0 Å². The van der Waals surface area contributed by atoms with E-state index >= 15 is 0 Å². The molecule has 0 aliphatic heterocycles. The minimum atomic E-state index is -4.37. The van der Waals surface area contributed by atoms with E-state index in [1.807, 2.05) is 0 Å². The van der Waals surface area contributed by atoms with E-state index in [1.54, 1.807) is 12.1 Å². The zero-order valence-electron chi connectivity index (χ0n) is 7.90. The summed E-state index contributed by atoms with van der Waals surface area (Å²) in [5, 5.41) is 0.267. The summed E-state index contributed by atoms with van der Waals surface area (Å²) >= 11 is 5.84. The van der Waals surface area contributed by atoms with E-state index < -0.39 is 11.7 Å². The molecule has 0 amide bonds. The third-order valence-corrected chi connectivity index (χ3v) is 2.45. The highest BCUT2D eigenvalue weighted by Crippen LogP contribution is 2.35. The molecule has 5 heteroatoms. The summed E-state index contributed by atoms with van der Waals surface area (Å²) in [7, 11) is 0. The minimum absolute atomic E-state index is 0.267. The Balaban J connectivity index is 2.54. The maximum absolute atomic E-state index is 12.5. The van der Waals surface area contributed by atoms with Gasteiger partial charge in [-0.1, -0.05) is 11.6 Å². The highest BCUT2D eigenvalue weighted by atomic mass is 35.5. The Labute approximate surface area is 94.9 Å². The van der Waals surface area contributed by atoms with Crippen LogP contribution < -0.4 is 0 Å². The molecule has 0 fully saturated rings. The molecule has 0 aliphatic carbocycles. The molecular formula is C11H6ClF3N. The van der Waals surface area contributed by atoms with Crippen molar-refractivity contribution >= 4 is 11.6 Å². The van der Waals surface area contributed by atoms with E-state index in [-0.39, 0.29) is 5.02 Å². The van der Waals surface area contributed by atoms with Crippen LogP contribution in [-0.2, 0) is 6.18 Å². The number of aromatic nitrogens is 1. The lowest BCUT2D eigenvalue weighted by molar-refractivity contribution is -0.137. The summed E-state index contributed by atoms with van der Waals surface area (Å²) < 4.78 is 37.4. The average Bonchev–Trinajstić information content (AvgIpc) is 2.69. The van der Waals surface area contributed by atoms with Crippen molar-refractivity contribution in [2.24, 2.45) is 0 Å². The monoisotopic (exact) mass is 244 g/mol. The van der Waals surface area contributed by atoms with Crippen LogP contribution in [0.4, 0.5) is 13.2 Å². The second-order valence-corrected chi connectivity index (χ2v) is 3.62. The van der Waals surface area contributed by atoms with Crippen molar-refractivity contribution in [3.05, 3.63) is 47.1 Å². The molecule has 0 aliphatic rings. The smallest absolute Gasteiger partial charge is 0.353 e. The number of hydrogen-bond donors (Lipinski definition) is 1. The van der Waals surface area contributed by atoms with Gasteiger partial charge >= 0.3 is 6.18 Å². The van der Waals surface area contributed by atoms with Crippen LogP contribution in [-0.4, -0.2) is 4.98 Å². The fourth-order valence-corrected chi connectivity index (χ4v) is 1.57. The largest absolute Gasteiger partial charge is 0.416 e. The van der Waals surface area contributed by atoms with Crippen LogP contribution in [0, 0.1) is 6.20 Å². The summed E-state index contributed by atoms with van der Waals surface area (Å²) in [5.74, 6) is 0. The molecule has 1 N–H and O–H groups in total. The van der Waals surface area contributed by atoms with E-state index in [9.17, 15) is 13.2 Å². The van der Waals surface area contributed by atoms with Gasteiger partial charge in [-0.25, -0.2) is 0 Å². The van der Waals surface area contributed by atoms with Crippen LogP contribution in [0.1, 0.15) is 5.56 Å². The van der Waals surface area contributed by atoms with Gasteiger partial charge in [-0.3, -0.25) is 0 Å². The van der Waals surface area contributed by atoms with Gasteiger partial charge in [0.05, 0.1) is 11.8 Å². The zero-order valence-corrected chi connectivity index (χ0v) is 8.65. The predicted octanol–water partition coefficient (Wildman–Crippen LogP) is 4.15. The van der Waals surface area contributed by atoms with Crippen molar-refractivity contribution in [1.82, 2.24) is 4.98 Å². The van der Waals surface area contributed by atoms with Gasteiger partial charge in [0.15, 0.2) is 0 Å². The quantitative estimate of drug-likeness (QED) is 0.776. The lowest BCUT2D eigenvalue weighted by atomic mass is 10.1. The molecule has 0 saturated heterocycles. The molecule has 2 aromatic rings. The second-order valence-electron chi connectivity index (χ2n) is 3.21. The molecule has 2 rings (SSSR count). The van der Waals surface area contributed by atoms with Crippen LogP contribution in [0.2, 0.25) is 5.02 Å². The highest BCUT2D eigenvalue weighted by molar-refractivity contribution is 6.33. The normalized spacial score (nSPS) is 11.8.